The molecule has 1 aliphatic carbocycles. The molecule has 0 N–H and O–H groups in total. The third kappa shape index (κ3) is 4.41. The van der Waals surface area contributed by atoms with Gasteiger partial charge in [0.05, 0.1) is 29.9 Å². The van der Waals surface area contributed by atoms with Gasteiger partial charge in [-0.1, -0.05) is 13.0 Å². The summed E-state index contributed by atoms with van der Waals surface area (Å²) in [5, 5.41) is 12.3. The minimum absolute atomic E-state index is 0.165. The average Bonchev–Trinajstić information content (AvgIpc) is 3.53. The number of hydrogen-bond donors (Lipinski definition) is 0. The summed E-state index contributed by atoms with van der Waals surface area (Å²) < 4.78 is 6.15. The molecule has 2 aromatic rings. The number of ether oxygens (including phenoxy) is 1. The van der Waals surface area contributed by atoms with Gasteiger partial charge in [-0.25, -0.2) is 0 Å². The number of anilines is 1. The van der Waals surface area contributed by atoms with Crippen molar-refractivity contribution >= 4 is 22.9 Å². The summed E-state index contributed by atoms with van der Waals surface area (Å²) >= 11 is 1.65. The van der Waals surface area contributed by atoms with E-state index < -0.39 is 0 Å². The average molecular weight is 464 g/mol. The van der Waals surface area contributed by atoms with Crippen LogP contribution in [-0.4, -0.2) is 42.1 Å². The third-order valence-electron chi connectivity index (χ3n) is 7.42. The van der Waals surface area contributed by atoms with Gasteiger partial charge < -0.3 is 14.5 Å². The number of amides is 1. The third-order valence-corrected chi connectivity index (χ3v) is 8.30. The van der Waals surface area contributed by atoms with Crippen molar-refractivity contribution in [1.29, 1.82) is 5.26 Å². The summed E-state index contributed by atoms with van der Waals surface area (Å²) in [4.78, 5) is 18.6. The van der Waals surface area contributed by atoms with Crippen LogP contribution in [0.4, 0.5) is 5.69 Å². The van der Waals surface area contributed by atoms with Crippen LogP contribution in [0.2, 0.25) is 0 Å². The highest BCUT2D eigenvalue weighted by Gasteiger charge is 2.37. The molecule has 33 heavy (non-hydrogen) atoms. The Hall–Kier alpha value is -2.36. The lowest BCUT2D eigenvalue weighted by Gasteiger charge is -2.43. The molecule has 0 bridgehead atoms. The lowest BCUT2D eigenvalue weighted by molar-refractivity contribution is -0.133. The number of thiophene rings is 1. The molecule has 174 valence electrons. The van der Waals surface area contributed by atoms with Gasteiger partial charge in [0.15, 0.2) is 0 Å². The van der Waals surface area contributed by atoms with E-state index in [1.165, 1.54) is 29.5 Å². The highest BCUT2D eigenvalue weighted by Crippen LogP contribution is 2.47. The van der Waals surface area contributed by atoms with Crippen molar-refractivity contribution < 1.29 is 9.53 Å². The first kappa shape index (κ1) is 22.4. The number of piperazine rings is 1. The van der Waals surface area contributed by atoms with Crippen LogP contribution in [-0.2, 0) is 29.0 Å². The van der Waals surface area contributed by atoms with Gasteiger partial charge >= 0.3 is 0 Å². The van der Waals surface area contributed by atoms with Gasteiger partial charge in [-0.15, -0.1) is 11.3 Å². The SMILES string of the molecule is CC[C@@H]1CN(c2cc(C3CC3)c3c(c2C#N)CC(C)(C)OC3)CCN1C(=O)Cc1cccs1. The molecule has 1 amide bonds. The Labute approximate surface area is 201 Å². The number of fused-ring (bicyclic) bond motifs is 1. The summed E-state index contributed by atoms with van der Waals surface area (Å²) in [6.07, 6.45) is 4.62. The van der Waals surface area contributed by atoms with Crippen LogP contribution in [0.5, 0.6) is 0 Å². The molecule has 3 aliphatic rings. The molecule has 0 unspecified atom stereocenters. The number of benzene rings is 1. The molecule has 6 heteroatoms. The lowest BCUT2D eigenvalue weighted by atomic mass is 9.84. The van der Waals surface area contributed by atoms with Crippen molar-refractivity contribution in [2.75, 3.05) is 24.5 Å². The van der Waals surface area contributed by atoms with Crippen molar-refractivity contribution in [3.8, 4) is 6.07 Å². The van der Waals surface area contributed by atoms with Crippen LogP contribution in [0.25, 0.3) is 0 Å². The van der Waals surface area contributed by atoms with E-state index in [-0.39, 0.29) is 17.6 Å². The Kier molecular flexibility index (Phi) is 5.96. The van der Waals surface area contributed by atoms with Gasteiger partial charge in [0, 0.05) is 37.0 Å². The first-order valence-electron chi connectivity index (χ1n) is 12.2. The molecule has 2 fully saturated rings. The number of nitriles is 1. The van der Waals surface area contributed by atoms with Gasteiger partial charge in [0.25, 0.3) is 0 Å². The second-order valence-electron chi connectivity index (χ2n) is 10.3. The minimum atomic E-state index is -0.253. The Balaban J connectivity index is 1.44. The van der Waals surface area contributed by atoms with Crippen molar-refractivity contribution in [2.45, 2.75) is 77.0 Å². The normalized spacial score (nSPS) is 22.1. The summed E-state index contributed by atoms with van der Waals surface area (Å²) in [6, 6.07) is 9.06. The van der Waals surface area contributed by atoms with E-state index in [9.17, 15) is 10.1 Å². The molecule has 5 nitrogen and oxygen atoms in total. The Morgan fingerprint density at radius 2 is 2.12 bits per heavy atom. The van der Waals surface area contributed by atoms with E-state index in [1.807, 2.05) is 17.5 Å². The summed E-state index contributed by atoms with van der Waals surface area (Å²) in [7, 11) is 0. The molecular formula is C27H33N3O2S. The maximum Gasteiger partial charge on any atom is 0.228 e. The van der Waals surface area contributed by atoms with Crippen molar-refractivity contribution in [2.24, 2.45) is 0 Å². The predicted octanol–water partition coefficient (Wildman–Crippen LogP) is 5.02. The van der Waals surface area contributed by atoms with Gasteiger partial charge in [-0.3, -0.25) is 4.79 Å². The maximum absolute atomic E-state index is 13.1. The van der Waals surface area contributed by atoms with Gasteiger partial charge in [0.2, 0.25) is 5.91 Å². The fourth-order valence-electron chi connectivity index (χ4n) is 5.44. The molecule has 0 spiro atoms. The van der Waals surface area contributed by atoms with Crippen LogP contribution >= 0.6 is 11.3 Å². The van der Waals surface area contributed by atoms with E-state index in [1.54, 1.807) is 11.3 Å². The predicted molar refractivity (Wildman–Crippen MR) is 132 cm³/mol. The van der Waals surface area contributed by atoms with E-state index in [2.05, 4.69) is 42.7 Å². The molecule has 1 saturated carbocycles. The van der Waals surface area contributed by atoms with Gasteiger partial charge in [-0.05, 0) is 73.2 Å². The van der Waals surface area contributed by atoms with Crippen LogP contribution in [0.3, 0.4) is 0 Å². The minimum Gasteiger partial charge on any atom is -0.371 e. The molecule has 1 aromatic carbocycles. The number of carbonyl (C=O) groups is 1. The van der Waals surface area contributed by atoms with Crippen molar-refractivity contribution in [3.05, 3.63) is 50.7 Å². The summed E-state index contributed by atoms with van der Waals surface area (Å²) in [5.41, 5.74) is 5.47. The highest BCUT2D eigenvalue weighted by atomic mass is 32.1. The zero-order chi connectivity index (χ0) is 23.2. The Morgan fingerprint density at radius 1 is 1.30 bits per heavy atom. The zero-order valence-electron chi connectivity index (χ0n) is 19.9. The molecule has 0 radical (unpaired) electrons. The van der Waals surface area contributed by atoms with Crippen LogP contribution in [0.15, 0.2) is 23.6 Å². The largest absolute Gasteiger partial charge is 0.371 e. The van der Waals surface area contributed by atoms with Crippen molar-refractivity contribution in [3.63, 3.8) is 0 Å². The standard InChI is InChI=1S/C27H33N3O2S/c1-4-19-16-29(9-10-30(19)26(31)12-20-6-5-11-33-20)25-13-21(18-7-8-18)24-17-32-27(2,3)14-22(24)23(25)15-28/h5-6,11,13,18-19H,4,7-10,12,14,16-17H2,1-3H3/t19-/m1/s1. The van der Waals surface area contributed by atoms with Gasteiger partial charge in [0.1, 0.15) is 6.07 Å². The Morgan fingerprint density at radius 3 is 2.79 bits per heavy atom. The van der Waals surface area contributed by atoms with Crippen LogP contribution < -0.4 is 4.90 Å². The zero-order valence-corrected chi connectivity index (χ0v) is 20.7. The number of nitrogens with zero attached hydrogens (tertiary/aromatic N) is 3. The maximum atomic E-state index is 13.1. The van der Waals surface area contributed by atoms with E-state index >= 15 is 0 Å². The summed E-state index contributed by atoms with van der Waals surface area (Å²) in [5.74, 6) is 0.818. The smallest absolute Gasteiger partial charge is 0.228 e. The van der Waals surface area contributed by atoms with Gasteiger partial charge in [-0.2, -0.15) is 5.26 Å². The molecule has 5 rings (SSSR count). The molecule has 1 aromatic heterocycles. The molecule has 3 heterocycles. The quantitative estimate of drug-likeness (QED) is 0.625. The van der Waals surface area contributed by atoms with Crippen LogP contribution in [0, 0.1) is 11.3 Å². The number of rotatable bonds is 5. The Bertz CT molecular complexity index is 1080. The van der Waals surface area contributed by atoms with Crippen molar-refractivity contribution in [1.82, 2.24) is 4.90 Å². The first-order chi connectivity index (χ1) is 15.9. The topological polar surface area (TPSA) is 56.6 Å². The van der Waals surface area contributed by atoms with Crippen LogP contribution in [0.1, 0.15) is 73.1 Å². The lowest BCUT2D eigenvalue weighted by Crippen LogP contribution is -2.55. The molecule has 2 aliphatic heterocycles. The molecule has 1 saturated heterocycles. The van der Waals surface area contributed by atoms with E-state index in [4.69, 9.17) is 4.74 Å². The number of carbonyl (C=O) groups excluding carboxylic acids is 1. The highest BCUT2D eigenvalue weighted by molar-refractivity contribution is 7.10. The monoisotopic (exact) mass is 463 g/mol. The van der Waals surface area contributed by atoms with E-state index in [0.29, 0.717) is 25.5 Å². The fraction of sp³-hybridized carbons (Fsp3) is 0.556. The number of hydrogen-bond acceptors (Lipinski definition) is 5. The van der Waals surface area contributed by atoms with E-state index in [0.717, 1.165) is 42.1 Å². The molecule has 1 atom stereocenters. The second-order valence-corrected chi connectivity index (χ2v) is 11.3. The molecular weight excluding hydrogens is 430 g/mol. The first-order valence-corrected chi connectivity index (χ1v) is 13.1. The second kappa shape index (κ2) is 8.77. The summed E-state index contributed by atoms with van der Waals surface area (Å²) in [6.45, 7) is 9.25. The fourth-order valence-corrected chi connectivity index (χ4v) is 6.14.